The number of hydrogen-bond acceptors (Lipinski definition) is 2. The van der Waals surface area contributed by atoms with E-state index < -0.39 is 0 Å². The van der Waals surface area contributed by atoms with Gasteiger partial charge in [0.05, 0.1) is 11.7 Å². The molecular formula is C12H18N4. The van der Waals surface area contributed by atoms with E-state index in [0.717, 1.165) is 5.69 Å². The molecule has 2 aromatic heterocycles. The molecule has 0 radical (unpaired) electrons. The fraction of sp³-hybridized carbons (Fsp3) is 0.417. The minimum atomic E-state index is 0.251. The standard InChI is InChI=1S/C12H18N4/c1-9-12(11(3)15(4)13-9)10(2)14-16-7-5-6-8-16/h5-8,10,14H,1-4H3. The van der Waals surface area contributed by atoms with Crippen molar-refractivity contribution < 1.29 is 0 Å². The second-order valence-corrected chi connectivity index (χ2v) is 4.15. The summed E-state index contributed by atoms with van der Waals surface area (Å²) in [5.74, 6) is 0. The highest BCUT2D eigenvalue weighted by atomic mass is 15.4. The van der Waals surface area contributed by atoms with Crippen molar-refractivity contribution in [1.29, 1.82) is 0 Å². The molecule has 0 aromatic carbocycles. The van der Waals surface area contributed by atoms with E-state index in [1.807, 2.05) is 40.9 Å². The Labute approximate surface area is 95.9 Å². The molecule has 2 rings (SSSR count). The number of nitrogens with one attached hydrogen (secondary N) is 1. The van der Waals surface area contributed by atoms with E-state index in [2.05, 4.69) is 31.3 Å². The smallest absolute Gasteiger partial charge is 0.0681 e. The van der Waals surface area contributed by atoms with Gasteiger partial charge in [0.15, 0.2) is 0 Å². The van der Waals surface area contributed by atoms with Crippen LogP contribution in [-0.2, 0) is 7.05 Å². The molecule has 4 nitrogen and oxygen atoms in total. The first-order chi connectivity index (χ1) is 7.59. The zero-order chi connectivity index (χ0) is 11.7. The summed E-state index contributed by atoms with van der Waals surface area (Å²) >= 11 is 0. The maximum atomic E-state index is 4.43. The van der Waals surface area contributed by atoms with Gasteiger partial charge in [-0.1, -0.05) is 0 Å². The van der Waals surface area contributed by atoms with Crippen molar-refractivity contribution in [2.45, 2.75) is 26.8 Å². The second kappa shape index (κ2) is 4.04. The summed E-state index contributed by atoms with van der Waals surface area (Å²) in [7, 11) is 1.98. The Balaban J connectivity index is 2.24. The number of hydrogen-bond donors (Lipinski definition) is 1. The summed E-state index contributed by atoms with van der Waals surface area (Å²) in [5, 5.41) is 4.43. The minimum absolute atomic E-state index is 0.251. The van der Waals surface area contributed by atoms with Crippen LogP contribution < -0.4 is 5.43 Å². The first-order valence-corrected chi connectivity index (χ1v) is 5.49. The quantitative estimate of drug-likeness (QED) is 0.856. The molecule has 0 spiro atoms. The molecule has 1 unspecified atom stereocenters. The zero-order valence-electron chi connectivity index (χ0n) is 10.2. The predicted molar refractivity (Wildman–Crippen MR) is 64.9 cm³/mol. The molecule has 0 saturated heterocycles. The fourth-order valence-corrected chi connectivity index (χ4v) is 2.13. The third-order valence-corrected chi connectivity index (χ3v) is 2.95. The van der Waals surface area contributed by atoms with Gasteiger partial charge in [0.25, 0.3) is 0 Å². The van der Waals surface area contributed by atoms with Crippen LogP contribution in [0.4, 0.5) is 0 Å². The van der Waals surface area contributed by atoms with Crippen molar-refractivity contribution in [3.05, 3.63) is 41.5 Å². The van der Waals surface area contributed by atoms with Crippen molar-refractivity contribution in [1.82, 2.24) is 14.5 Å². The van der Waals surface area contributed by atoms with E-state index in [1.165, 1.54) is 11.3 Å². The normalized spacial score (nSPS) is 12.8. The molecule has 4 heteroatoms. The summed E-state index contributed by atoms with van der Waals surface area (Å²) in [6, 6.07) is 4.26. The summed E-state index contributed by atoms with van der Waals surface area (Å²) in [6.45, 7) is 6.30. The molecule has 2 aromatic rings. The monoisotopic (exact) mass is 218 g/mol. The predicted octanol–water partition coefficient (Wildman–Crippen LogP) is 2.14. The highest BCUT2D eigenvalue weighted by molar-refractivity contribution is 5.29. The highest BCUT2D eigenvalue weighted by Crippen LogP contribution is 2.21. The average Bonchev–Trinajstić information content (AvgIpc) is 2.77. The summed E-state index contributed by atoms with van der Waals surface area (Å²) in [6.07, 6.45) is 4.00. The highest BCUT2D eigenvalue weighted by Gasteiger charge is 2.15. The van der Waals surface area contributed by atoms with Crippen LogP contribution in [0.1, 0.15) is 29.9 Å². The summed E-state index contributed by atoms with van der Waals surface area (Å²) < 4.78 is 3.90. The SMILES string of the molecule is Cc1nn(C)c(C)c1C(C)Nn1cccc1. The van der Waals surface area contributed by atoms with Gasteiger partial charge in [-0.25, -0.2) is 0 Å². The molecule has 1 N–H and O–H groups in total. The van der Waals surface area contributed by atoms with Gasteiger partial charge in [-0.15, -0.1) is 0 Å². The topological polar surface area (TPSA) is 34.8 Å². The van der Waals surface area contributed by atoms with E-state index in [9.17, 15) is 0 Å². The van der Waals surface area contributed by atoms with Crippen LogP contribution in [0.15, 0.2) is 24.5 Å². The number of aryl methyl sites for hydroxylation is 2. The molecular weight excluding hydrogens is 200 g/mol. The Morgan fingerprint density at radius 2 is 1.88 bits per heavy atom. The Bertz CT molecular complexity index is 467. The number of aromatic nitrogens is 3. The Morgan fingerprint density at radius 3 is 2.38 bits per heavy atom. The van der Waals surface area contributed by atoms with Gasteiger partial charge in [-0.2, -0.15) is 5.10 Å². The van der Waals surface area contributed by atoms with Gasteiger partial charge < -0.3 is 5.43 Å². The first kappa shape index (κ1) is 10.8. The lowest BCUT2D eigenvalue weighted by Gasteiger charge is -2.16. The molecule has 0 bridgehead atoms. The van der Waals surface area contributed by atoms with E-state index in [1.54, 1.807) is 0 Å². The van der Waals surface area contributed by atoms with Crippen molar-refractivity contribution in [3.8, 4) is 0 Å². The maximum absolute atomic E-state index is 4.43. The Morgan fingerprint density at radius 1 is 1.25 bits per heavy atom. The molecule has 0 aliphatic rings. The van der Waals surface area contributed by atoms with E-state index in [4.69, 9.17) is 0 Å². The molecule has 2 heterocycles. The first-order valence-electron chi connectivity index (χ1n) is 5.49. The van der Waals surface area contributed by atoms with Crippen LogP contribution in [0.25, 0.3) is 0 Å². The molecule has 0 amide bonds. The third kappa shape index (κ3) is 1.83. The summed E-state index contributed by atoms with van der Waals surface area (Å²) in [4.78, 5) is 0. The number of nitrogens with zero attached hydrogens (tertiary/aromatic N) is 3. The average molecular weight is 218 g/mol. The molecule has 86 valence electrons. The van der Waals surface area contributed by atoms with Crippen molar-refractivity contribution in [3.63, 3.8) is 0 Å². The Kier molecular flexibility index (Phi) is 2.73. The lowest BCUT2D eigenvalue weighted by molar-refractivity contribution is 0.709. The minimum Gasteiger partial charge on any atom is -0.319 e. The van der Waals surface area contributed by atoms with Crippen LogP contribution in [0.2, 0.25) is 0 Å². The lowest BCUT2D eigenvalue weighted by Crippen LogP contribution is -2.18. The third-order valence-electron chi connectivity index (χ3n) is 2.95. The van der Waals surface area contributed by atoms with Crippen LogP contribution in [0.5, 0.6) is 0 Å². The fourth-order valence-electron chi connectivity index (χ4n) is 2.13. The largest absolute Gasteiger partial charge is 0.319 e. The Hall–Kier alpha value is -1.71. The van der Waals surface area contributed by atoms with Crippen LogP contribution in [0.3, 0.4) is 0 Å². The molecule has 0 saturated carbocycles. The van der Waals surface area contributed by atoms with Gasteiger partial charge in [-0.05, 0) is 32.9 Å². The van der Waals surface area contributed by atoms with Gasteiger partial charge in [-0.3, -0.25) is 9.36 Å². The molecule has 1 atom stereocenters. The maximum Gasteiger partial charge on any atom is 0.0681 e. The lowest BCUT2D eigenvalue weighted by atomic mass is 10.1. The summed E-state index contributed by atoms with van der Waals surface area (Å²) in [5.41, 5.74) is 6.97. The van der Waals surface area contributed by atoms with Crippen LogP contribution >= 0.6 is 0 Å². The van der Waals surface area contributed by atoms with E-state index in [-0.39, 0.29) is 6.04 Å². The van der Waals surface area contributed by atoms with Crippen molar-refractivity contribution >= 4 is 0 Å². The second-order valence-electron chi connectivity index (χ2n) is 4.15. The van der Waals surface area contributed by atoms with Gasteiger partial charge in [0.1, 0.15) is 0 Å². The zero-order valence-corrected chi connectivity index (χ0v) is 10.2. The van der Waals surface area contributed by atoms with Crippen molar-refractivity contribution in [2.24, 2.45) is 7.05 Å². The molecule has 16 heavy (non-hydrogen) atoms. The number of rotatable bonds is 3. The molecule has 0 fully saturated rings. The van der Waals surface area contributed by atoms with Crippen LogP contribution in [-0.4, -0.2) is 14.5 Å². The van der Waals surface area contributed by atoms with E-state index in [0.29, 0.717) is 0 Å². The van der Waals surface area contributed by atoms with Crippen molar-refractivity contribution in [2.75, 3.05) is 5.43 Å². The van der Waals surface area contributed by atoms with Gasteiger partial charge in [0.2, 0.25) is 0 Å². The van der Waals surface area contributed by atoms with Crippen LogP contribution in [0, 0.1) is 13.8 Å². The van der Waals surface area contributed by atoms with E-state index >= 15 is 0 Å². The van der Waals surface area contributed by atoms with Gasteiger partial charge in [0, 0.05) is 30.7 Å². The molecule has 0 aliphatic heterocycles. The molecule has 0 aliphatic carbocycles. The van der Waals surface area contributed by atoms with Gasteiger partial charge >= 0.3 is 0 Å².